The molecular formula is C32H30N6O6. The van der Waals surface area contributed by atoms with Crippen molar-refractivity contribution in [2.45, 2.75) is 26.4 Å². The van der Waals surface area contributed by atoms with Gasteiger partial charge in [-0.1, -0.05) is 0 Å². The molecule has 2 atom stereocenters. The van der Waals surface area contributed by atoms with Crippen LogP contribution in [-0.4, -0.2) is 59.0 Å². The fourth-order valence-corrected chi connectivity index (χ4v) is 4.00. The van der Waals surface area contributed by atoms with Crippen molar-refractivity contribution in [3.8, 4) is 11.5 Å². The van der Waals surface area contributed by atoms with Gasteiger partial charge < -0.3 is 18.9 Å². The van der Waals surface area contributed by atoms with Gasteiger partial charge in [0.15, 0.2) is 0 Å². The van der Waals surface area contributed by atoms with Gasteiger partial charge in [0.05, 0.1) is 35.8 Å². The van der Waals surface area contributed by atoms with Crippen LogP contribution in [0.25, 0.3) is 0 Å². The van der Waals surface area contributed by atoms with Crippen LogP contribution in [0.15, 0.2) is 108 Å². The number of hydrogen-bond donors (Lipinski definition) is 2. The quantitative estimate of drug-likeness (QED) is 0.207. The molecule has 0 unspecified atom stereocenters. The van der Waals surface area contributed by atoms with Crippen molar-refractivity contribution in [3.63, 3.8) is 0 Å². The van der Waals surface area contributed by atoms with Gasteiger partial charge in [0.25, 0.3) is 24.4 Å². The molecule has 1 saturated heterocycles. The number of nitrogens with zero attached hydrogens (tertiary/aromatic N) is 4. The number of nitrogens with one attached hydrogen (secondary N) is 2. The lowest BCUT2D eigenvalue weighted by atomic mass is 10.1. The van der Waals surface area contributed by atoms with Gasteiger partial charge in [0, 0.05) is 24.8 Å². The highest BCUT2D eigenvalue weighted by Crippen LogP contribution is 2.23. The highest BCUT2D eigenvalue weighted by molar-refractivity contribution is 6.01. The normalized spacial score (nSPS) is 17.0. The second-order valence-corrected chi connectivity index (χ2v) is 9.52. The summed E-state index contributed by atoms with van der Waals surface area (Å²) in [5.41, 5.74) is 8.73. The van der Waals surface area contributed by atoms with Gasteiger partial charge in [-0.05, 0) is 97.8 Å². The summed E-state index contributed by atoms with van der Waals surface area (Å²) in [5.74, 6) is 0.392. The van der Waals surface area contributed by atoms with E-state index in [0.717, 1.165) is 11.1 Å². The zero-order valence-corrected chi connectivity index (χ0v) is 24.0. The number of carbonyl (C=O) groups excluding carboxylic acids is 2. The SMILES string of the molecule is C/C(=N/NC(=O)c1cccnc1)c1ccc(O[C@@H]2OCCO[C@H]2Oc2ccc(/C(C)=N\NC(=O)c3cccnc3)cc2)cc1. The number of carbonyl (C=O) groups is 2. The van der Waals surface area contributed by atoms with Crippen LogP contribution in [0.3, 0.4) is 0 Å². The van der Waals surface area contributed by atoms with E-state index in [4.69, 9.17) is 18.9 Å². The molecule has 0 saturated carbocycles. The van der Waals surface area contributed by atoms with Crippen molar-refractivity contribution in [1.82, 2.24) is 20.8 Å². The zero-order chi connectivity index (χ0) is 30.7. The number of benzene rings is 2. The average Bonchev–Trinajstić information content (AvgIpc) is 3.08. The van der Waals surface area contributed by atoms with E-state index in [1.54, 1.807) is 74.8 Å². The highest BCUT2D eigenvalue weighted by Gasteiger charge is 2.31. The predicted molar refractivity (Wildman–Crippen MR) is 161 cm³/mol. The van der Waals surface area contributed by atoms with Gasteiger partial charge in [-0.25, -0.2) is 10.9 Å². The molecular weight excluding hydrogens is 564 g/mol. The van der Waals surface area contributed by atoms with E-state index in [1.165, 1.54) is 12.4 Å². The van der Waals surface area contributed by atoms with Gasteiger partial charge in [-0.3, -0.25) is 19.6 Å². The van der Waals surface area contributed by atoms with E-state index in [1.807, 2.05) is 24.3 Å². The number of pyridine rings is 2. The fraction of sp³-hybridized carbons (Fsp3) is 0.188. The molecule has 12 heteroatoms. The number of aromatic nitrogens is 2. The molecule has 1 aliphatic heterocycles. The first-order valence-corrected chi connectivity index (χ1v) is 13.7. The Hall–Kier alpha value is -5.46. The molecule has 3 heterocycles. The molecule has 2 aromatic heterocycles. The van der Waals surface area contributed by atoms with Crippen LogP contribution in [-0.2, 0) is 9.47 Å². The lowest BCUT2D eigenvalue weighted by Crippen LogP contribution is -2.45. The Labute approximate surface area is 253 Å². The van der Waals surface area contributed by atoms with Gasteiger partial charge in [-0.15, -0.1) is 0 Å². The topological polar surface area (TPSA) is 146 Å². The minimum atomic E-state index is -0.811. The minimum absolute atomic E-state index is 0.346. The van der Waals surface area contributed by atoms with E-state index >= 15 is 0 Å². The smallest absolute Gasteiger partial charge is 0.272 e. The number of hydrazone groups is 2. The molecule has 44 heavy (non-hydrogen) atoms. The molecule has 2 amide bonds. The Morgan fingerprint density at radius 2 is 1.07 bits per heavy atom. The molecule has 1 aliphatic rings. The molecule has 1 fully saturated rings. The molecule has 0 aliphatic carbocycles. The Morgan fingerprint density at radius 3 is 1.43 bits per heavy atom. The number of ether oxygens (including phenoxy) is 4. The average molecular weight is 595 g/mol. The third kappa shape index (κ3) is 8.09. The minimum Gasteiger partial charge on any atom is -0.458 e. The van der Waals surface area contributed by atoms with Crippen molar-refractivity contribution < 1.29 is 28.5 Å². The second kappa shape index (κ2) is 14.6. The van der Waals surface area contributed by atoms with Crippen molar-refractivity contribution in [2.24, 2.45) is 10.2 Å². The molecule has 4 aromatic rings. The monoisotopic (exact) mass is 594 g/mol. The first-order chi connectivity index (χ1) is 21.5. The molecule has 0 radical (unpaired) electrons. The van der Waals surface area contributed by atoms with Gasteiger partial charge in [-0.2, -0.15) is 10.2 Å². The van der Waals surface area contributed by atoms with Crippen molar-refractivity contribution in [3.05, 3.63) is 120 Å². The summed E-state index contributed by atoms with van der Waals surface area (Å²) in [4.78, 5) is 32.3. The highest BCUT2D eigenvalue weighted by atomic mass is 16.8. The summed E-state index contributed by atoms with van der Waals surface area (Å²) in [6.45, 7) is 4.28. The van der Waals surface area contributed by atoms with Crippen molar-refractivity contribution >= 4 is 23.2 Å². The largest absolute Gasteiger partial charge is 0.458 e. The molecule has 2 aromatic carbocycles. The van der Waals surface area contributed by atoms with E-state index in [0.29, 0.717) is 47.3 Å². The van der Waals surface area contributed by atoms with Crippen LogP contribution in [0, 0.1) is 0 Å². The Bertz CT molecular complexity index is 1490. The van der Waals surface area contributed by atoms with Gasteiger partial charge in [0.1, 0.15) is 11.5 Å². The molecule has 224 valence electrons. The van der Waals surface area contributed by atoms with Crippen LogP contribution < -0.4 is 20.3 Å². The summed E-state index contributed by atoms with van der Waals surface area (Å²) >= 11 is 0. The zero-order valence-electron chi connectivity index (χ0n) is 24.0. The standard InChI is InChI=1S/C32H30N6O6/c1-21(35-37-29(39)25-5-3-15-33-19-25)23-7-11-27(12-8-23)43-31-32(42-18-17-41-31)44-28-13-9-24(10-14-28)22(2)36-38-30(40)26-6-4-16-34-20-26/h3-16,19-20,31-32H,17-18H2,1-2H3,(H,37,39)(H,38,40)/b35-21-,36-22-/t31-,32-/m0/s1. The summed E-state index contributed by atoms with van der Waals surface area (Å²) in [6, 6.07) is 21.1. The molecule has 12 nitrogen and oxygen atoms in total. The Balaban J connectivity index is 1.15. The first kappa shape index (κ1) is 30.0. The summed E-state index contributed by atoms with van der Waals surface area (Å²) in [7, 11) is 0. The number of amides is 2. The van der Waals surface area contributed by atoms with Crippen molar-refractivity contribution in [2.75, 3.05) is 13.2 Å². The summed E-state index contributed by atoms with van der Waals surface area (Å²) in [5, 5.41) is 8.36. The van der Waals surface area contributed by atoms with Crippen LogP contribution >= 0.6 is 0 Å². The van der Waals surface area contributed by atoms with E-state index in [9.17, 15) is 9.59 Å². The van der Waals surface area contributed by atoms with Gasteiger partial charge in [0.2, 0.25) is 0 Å². The maximum Gasteiger partial charge on any atom is 0.272 e. The maximum atomic E-state index is 12.2. The van der Waals surface area contributed by atoms with Crippen molar-refractivity contribution in [1.29, 1.82) is 0 Å². The lowest BCUT2D eigenvalue weighted by molar-refractivity contribution is -0.271. The van der Waals surface area contributed by atoms with Gasteiger partial charge >= 0.3 is 0 Å². The van der Waals surface area contributed by atoms with E-state index in [-0.39, 0.29) is 11.8 Å². The van der Waals surface area contributed by atoms with E-state index < -0.39 is 12.6 Å². The fourth-order valence-electron chi connectivity index (χ4n) is 4.00. The van der Waals surface area contributed by atoms with Crippen LogP contribution in [0.2, 0.25) is 0 Å². The number of rotatable bonds is 10. The number of hydrogen-bond acceptors (Lipinski definition) is 10. The van der Waals surface area contributed by atoms with Crippen LogP contribution in [0.4, 0.5) is 0 Å². The first-order valence-electron chi connectivity index (χ1n) is 13.7. The third-order valence-electron chi connectivity index (χ3n) is 6.42. The van der Waals surface area contributed by atoms with Crippen LogP contribution in [0.5, 0.6) is 11.5 Å². The second-order valence-electron chi connectivity index (χ2n) is 9.52. The third-order valence-corrected chi connectivity index (χ3v) is 6.42. The molecule has 0 bridgehead atoms. The van der Waals surface area contributed by atoms with E-state index in [2.05, 4.69) is 31.0 Å². The summed E-state index contributed by atoms with van der Waals surface area (Å²) < 4.78 is 23.6. The Morgan fingerprint density at radius 1 is 0.659 bits per heavy atom. The Kier molecular flexibility index (Phi) is 9.98. The molecule has 5 rings (SSSR count). The molecule has 0 spiro atoms. The van der Waals surface area contributed by atoms with Crippen LogP contribution in [0.1, 0.15) is 45.7 Å². The lowest BCUT2D eigenvalue weighted by Gasteiger charge is -2.31. The predicted octanol–water partition coefficient (Wildman–Crippen LogP) is 3.94. The molecule has 2 N–H and O–H groups in total. The summed E-state index contributed by atoms with van der Waals surface area (Å²) in [6.07, 6.45) is 4.52. The maximum absolute atomic E-state index is 12.2.